The van der Waals surface area contributed by atoms with Crippen LogP contribution in [-0.2, 0) is 16.4 Å². The molecule has 0 unspecified atom stereocenters. The number of anilines is 1. The number of sulfonamides is 1. The number of rotatable bonds is 6. The molecule has 1 aliphatic heterocycles. The van der Waals surface area contributed by atoms with E-state index in [2.05, 4.69) is 4.90 Å². The Morgan fingerprint density at radius 1 is 1.33 bits per heavy atom. The predicted molar refractivity (Wildman–Crippen MR) is 84.2 cm³/mol. The minimum Gasteiger partial charge on any atom is -0.395 e. The van der Waals surface area contributed by atoms with Crippen LogP contribution in [0.1, 0.15) is 25.3 Å². The van der Waals surface area contributed by atoms with E-state index in [4.69, 9.17) is 5.11 Å². The van der Waals surface area contributed by atoms with Crippen molar-refractivity contribution in [3.05, 3.63) is 23.8 Å². The van der Waals surface area contributed by atoms with Crippen LogP contribution in [0.15, 0.2) is 23.1 Å². The van der Waals surface area contributed by atoms with Crippen molar-refractivity contribution in [2.45, 2.75) is 31.1 Å². The highest BCUT2D eigenvalue weighted by Gasteiger charge is 2.25. The average Bonchev–Trinajstić information content (AvgIpc) is 2.47. The zero-order chi connectivity index (χ0) is 15.5. The maximum Gasteiger partial charge on any atom is 0.243 e. The fourth-order valence-electron chi connectivity index (χ4n) is 2.76. The lowest BCUT2D eigenvalue weighted by molar-refractivity contribution is 0.253. The number of aryl methyl sites for hydroxylation is 1. The summed E-state index contributed by atoms with van der Waals surface area (Å²) in [5, 5.41) is 9.09. The molecule has 5 nitrogen and oxygen atoms in total. The van der Waals surface area contributed by atoms with Crippen LogP contribution < -0.4 is 4.90 Å². The fourth-order valence-corrected chi connectivity index (χ4v) is 4.30. The molecule has 0 spiro atoms. The summed E-state index contributed by atoms with van der Waals surface area (Å²) < 4.78 is 26.8. The Labute approximate surface area is 127 Å². The van der Waals surface area contributed by atoms with Crippen molar-refractivity contribution in [2.75, 3.05) is 38.2 Å². The largest absolute Gasteiger partial charge is 0.395 e. The second-order valence-electron chi connectivity index (χ2n) is 5.44. The van der Waals surface area contributed by atoms with Crippen LogP contribution in [-0.4, -0.2) is 51.1 Å². The Balaban J connectivity index is 2.37. The van der Waals surface area contributed by atoms with E-state index in [1.807, 2.05) is 20.0 Å². The van der Waals surface area contributed by atoms with Gasteiger partial charge in [0.2, 0.25) is 10.0 Å². The van der Waals surface area contributed by atoms with Gasteiger partial charge in [-0.2, -0.15) is 4.31 Å². The zero-order valence-corrected chi connectivity index (χ0v) is 13.6. The number of fused-ring (bicyclic) bond motifs is 1. The molecule has 0 radical (unpaired) electrons. The maximum atomic E-state index is 12.7. The molecule has 21 heavy (non-hydrogen) atoms. The lowest BCUT2D eigenvalue weighted by atomic mass is 10.0. The topological polar surface area (TPSA) is 60.9 Å². The molecule has 1 N–H and O–H groups in total. The molecule has 0 fully saturated rings. The highest BCUT2D eigenvalue weighted by atomic mass is 32.2. The SMILES string of the molecule is CCCN(CCO)S(=O)(=O)c1ccc2c(c1)N(C)CCC2. The first-order valence-electron chi connectivity index (χ1n) is 7.45. The van der Waals surface area contributed by atoms with Gasteiger partial charge in [0.05, 0.1) is 11.5 Å². The first kappa shape index (κ1) is 16.3. The first-order chi connectivity index (χ1) is 10.0. The van der Waals surface area contributed by atoms with Crippen molar-refractivity contribution in [2.24, 2.45) is 0 Å². The van der Waals surface area contributed by atoms with Crippen LogP contribution in [0.5, 0.6) is 0 Å². The van der Waals surface area contributed by atoms with E-state index in [1.165, 1.54) is 9.87 Å². The molecule has 0 atom stereocenters. The number of nitrogens with zero attached hydrogens (tertiary/aromatic N) is 2. The third-order valence-electron chi connectivity index (χ3n) is 3.87. The second-order valence-corrected chi connectivity index (χ2v) is 7.38. The van der Waals surface area contributed by atoms with Crippen molar-refractivity contribution >= 4 is 15.7 Å². The smallest absolute Gasteiger partial charge is 0.243 e. The van der Waals surface area contributed by atoms with E-state index in [0.29, 0.717) is 11.4 Å². The molecule has 1 heterocycles. The molecule has 1 aliphatic rings. The van der Waals surface area contributed by atoms with Gasteiger partial charge < -0.3 is 10.0 Å². The highest BCUT2D eigenvalue weighted by Crippen LogP contribution is 2.29. The molecular formula is C15H24N2O3S. The van der Waals surface area contributed by atoms with Crippen molar-refractivity contribution in [1.82, 2.24) is 4.31 Å². The molecule has 2 rings (SSSR count). The van der Waals surface area contributed by atoms with Gasteiger partial charge >= 0.3 is 0 Å². The second kappa shape index (κ2) is 6.77. The van der Waals surface area contributed by atoms with E-state index in [0.717, 1.165) is 31.5 Å². The van der Waals surface area contributed by atoms with Crippen molar-refractivity contribution in [3.63, 3.8) is 0 Å². The predicted octanol–water partition coefficient (Wildman–Crippen LogP) is 1.46. The van der Waals surface area contributed by atoms with Crippen molar-refractivity contribution in [3.8, 4) is 0 Å². The van der Waals surface area contributed by atoms with E-state index in [1.54, 1.807) is 12.1 Å². The molecule has 118 valence electrons. The molecule has 1 aromatic carbocycles. The lowest BCUT2D eigenvalue weighted by Crippen LogP contribution is -2.34. The van der Waals surface area contributed by atoms with E-state index in [9.17, 15) is 8.42 Å². The van der Waals surface area contributed by atoms with Gasteiger partial charge in [-0.1, -0.05) is 13.0 Å². The van der Waals surface area contributed by atoms with Crippen LogP contribution in [0.2, 0.25) is 0 Å². The van der Waals surface area contributed by atoms with Crippen molar-refractivity contribution in [1.29, 1.82) is 0 Å². The van der Waals surface area contributed by atoms with Gasteiger partial charge in [0.25, 0.3) is 0 Å². The third-order valence-corrected chi connectivity index (χ3v) is 5.76. The van der Waals surface area contributed by atoms with Crippen molar-refractivity contribution < 1.29 is 13.5 Å². The van der Waals surface area contributed by atoms with Gasteiger partial charge in [0.15, 0.2) is 0 Å². The van der Waals surface area contributed by atoms with Gasteiger partial charge in [0.1, 0.15) is 0 Å². The number of aliphatic hydroxyl groups excluding tert-OH is 1. The Kier molecular flexibility index (Phi) is 5.24. The molecule has 1 aromatic rings. The minimum atomic E-state index is -3.54. The molecule has 0 saturated heterocycles. The standard InChI is InChI=1S/C15H24N2O3S/c1-3-8-17(10-11-18)21(19,20)14-7-6-13-5-4-9-16(2)15(13)12-14/h6-7,12,18H,3-5,8-11H2,1-2H3. The molecule has 6 heteroatoms. The van der Waals surface area contributed by atoms with Gasteiger partial charge in [0, 0.05) is 32.4 Å². The number of aliphatic hydroxyl groups is 1. The zero-order valence-electron chi connectivity index (χ0n) is 12.7. The lowest BCUT2D eigenvalue weighted by Gasteiger charge is -2.28. The molecule has 0 aliphatic carbocycles. The first-order valence-corrected chi connectivity index (χ1v) is 8.89. The highest BCUT2D eigenvalue weighted by molar-refractivity contribution is 7.89. The van der Waals surface area contributed by atoms with Gasteiger partial charge in [-0.15, -0.1) is 0 Å². The average molecular weight is 312 g/mol. The van der Waals surface area contributed by atoms with Crippen LogP contribution in [0.4, 0.5) is 5.69 Å². The molecular weight excluding hydrogens is 288 g/mol. The summed E-state index contributed by atoms with van der Waals surface area (Å²) in [6, 6.07) is 5.37. The van der Waals surface area contributed by atoms with Crippen LogP contribution in [0.25, 0.3) is 0 Å². The minimum absolute atomic E-state index is 0.142. The van der Waals surface area contributed by atoms with E-state index < -0.39 is 10.0 Å². The van der Waals surface area contributed by atoms with E-state index in [-0.39, 0.29) is 13.2 Å². The van der Waals surface area contributed by atoms with Crippen LogP contribution >= 0.6 is 0 Å². The Morgan fingerprint density at radius 3 is 2.76 bits per heavy atom. The number of hydrogen-bond acceptors (Lipinski definition) is 4. The third kappa shape index (κ3) is 3.39. The fraction of sp³-hybridized carbons (Fsp3) is 0.600. The molecule has 0 bridgehead atoms. The summed E-state index contributed by atoms with van der Waals surface area (Å²) in [5.41, 5.74) is 2.20. The number of benzene rings is 1. The van der Waals surface area contributed by atoms with Gasteiger partial charge in [-0.25, -0.2) is 8.42 Å². The Bertz CT molecular complexity index is 581. The van der Waals surface area contributed by atoms with Crippen LogP contribution in [0, 0.1) is 0 Å². The van der Waals surface area contributed by atoms with Gasteiger partial charge in [-0.05, 0) is 37.0 Å². The van der Waals surface area contributed by atoms with E-state index >= 15 is 0 Å². The monoisotopic (exact) mass is 312 g/mol. The molecule has 0 aromatic heterocycles. The summed E-state index contributed by atoms with van der Waals surface area (Å²) >= 11 is 0. The summed E-state index contributed by atoms with van der Waals surface area (Å²) in [6.45, 7) is 3.29. The summed E-state index contributed by atoms with van der Waals surface area (Å²) in [4.78, 5) is 2.42. The molecule has 0 amide bonds. The van der Waals surface area contributed by atoms with Gasteiger partial charge in [-0.3, -0.25) is 0 Å². The summed E-state index contributed by atoms with van der Waals surface area (Å²) in [6.07, 6.45) is 2.82. The van der Waals surface area contributed by atoms with Crippen LogP contribution in [0.3, 0.4) is 0 Å². The Morgan fingerprint density at radius 2 is 2.10 bits per heavy atom. The maximum absolute atomic E-state index is 12.7. The Hall–Kier alpha value is -1.11. The normalized spacial score (nSPS) is 15.3. The molecule has 0 saturated carbocycles. The number of hydrogen-bond donors (Lipinski definition) is 1. The summed E-state index contributed by atoms with van der Waals surface area (Å²) in [7, 11) is -1.54. The quantitative estimate of drug-likeness (QED) is 0.864. The summed E-state index contributed by atoms with van der Waals surface area (Å²) in [5.74, 6) is 0.